The second-order valence-corrected chi connectivity index (χ2v) is 8.84. The van der Waals surface area contributed by atoms with E-state index in [1.807, 2.05) is 52.3 Å². The first-order valence-electron chi connectivity index (χ1n) is 12.0. The quantitative estimate of drug-likeness (QED) is 0.399. The summed E-state index contributed by atoms with van der Waals surface area (Å²) in [5.74, 6) is -2.33. The van der Waals surface area contributed by atoms with Crippen LogP contribution >= 0.6 is 0 Å². The topological polar surface area (TPSA) is 85.4 Å². The molecule has 0 fully saturated rings. The molecule has 36 heavy (non-hydrogen) atoms. The highest BCUT2D eigenvalue weighted by Gasteiger charge is 2.59. The van der Waals surface area contributed by atoms with E-state index in [-0.39, 0.29) is 11.9 Å². The van der Waals surface area contributed by atoms with Crippen LogP contribution in [0.5, 0.6) is 0 Å². The van der Waals surface area contributed by atoms with E-state index in [0.29, 0.717) is 43.0 Å². The van der Waals surface area contributed by atoms with Crippen LogP contribution in [-0.2, 0) is 33.1 Å². The second-order valence-electron chi connectivity index (χ2n) is 8.84. The van der Waals surface area contributed by atoms with Crippen molar-refractivity contribution in [2.75, 3.05) is 23.0 Å². The summed E-state index contributed by atoms with van der Waals surface area (Å²) in [5, 5.41) is 0. The highest BCUT2D eigenvalue weighted by atomic mass is 16.6. The number of esters is 3. The number of carbonyl (C=O) groups is 3. The maximum Gasteiger partial charge on any atom is 0.342 e. The fourth-order valence-electron chi connectivity index (χ4n) is 5.42. The number of fused-ring (bicyclic) bond motifs is 5. The van der Waals surface area contributed by atoms with Gasteiger partial charge in [0.25, 0.3) is 5.85 Å². The molecule has 3 aliphatic rings. The Bertz CT molecular complexity index is 1360. The zero-order valence-electron chi connectivity index (χ0n) is 19.9. The third-order valence-corrected chi connectivity index (χ3v) is 6.88. The zero-order valence-corrected chi connectivity index (χ0v) is 19.9. The van der Waals surface area contributed by atoms with Crippen molar-refractivity contribution in [1.29, 1.82) is 0 Å². The fraction of sp³-hybridized carbons (Fsp3) is 0.250. The molecule has 0 saturated heterocycles. The fourth-order valence-corrected chi connectivity index (χ4v) is 5.42. The van der Waals surface area contributed by atoms with Crippen molar-refractivity contribution in [3.63, 3.8) is 0 Å². The first-order chi connectivity index (χ1) is 17.5. The number of hydrogen-bond donors (Lipinski definition) is 0. The van der Waals surface area contributed by atoms with Crippen molar-refractivity contribution in [1.82, 2.24) is 0 Å². The molecule has 0 aliphatic carbocycles. The Morgan fingerprint density at radius 3 is 1.89 bits per heavy atom. The first kappa shape index (κ1) is 22.2. The number of anilines is 2. The van der Waals surface area contributed by atoms with Crippen LogP contribution in [-0.4, -0.2) is 31.1 Å². The standard InChI is InChI=1S/C28H24N2O6/c1-3-34-25(31)17-9-11-23-19(13-17)15-29-24-12-10-18(26(32)35-4-2)14-20(24)16-30(23)28(29)22-8-6-5-7-21(22)27(33)36-28/h5-14H,3-4,15-16H2,1-2H3. The minimum Gasteiger partial charge on any atom is -0.462 e. The molecule has 6 rings (SSSR count). The minimum atomic E-state index is -1.18. The highest BCUT2D eigenvalue weighted by Crippen LogP contribution is 2.54. The third kappa shape index (κ3) is 3.03. The van der Waals surface area contributed by atoms with Gasteiger partial charge in [-0.3, -0.25) is 0 Å². The smallest absolute Gasteiger partial charge is 0.342 e. The predicted octanol–water partition coefficient (Wildman–Crippen LogP) is 4.36. The molecule has 3 aromatic carbocycles. The highest BCUT2D eigenvalue weighted by molar-refractivity contribution is 5.97. The summed E-state index contributed by atoms with van der Waals surface area (Å²) < 4.78 is 16.6. The van der Waals surface area contributed by atoms with E-state index in [0.717, 1.165) is 28.1 Å². The Balaban J connectivity index is 1.53. The maximum atomic E-state index is 13.0. The van der Waals surface area contributed by atoms with Crippen molar-refractivity contribution in [3.8, 4) is 0 Å². The van der Waals surface area contributed by atoms with Gasteiger partial charge in [0.1, 0.15) is 0 Å². The monoisotopic (exact) mass is 484 g/mol. The number of benzene rings is 3. The van der Waals surface area contributed by atoms with Crippen molar-refractivity contribution >= 4 is 29.3 Å². The molecule has 3 aliphatic heterocycles. The zero-order chi connectivity index (χ0) is 25.0. The van der Waals surface area contributed by atoms with Gasteiger partial charge >= 0.3 is 17.9 Å². The summed E-state index contributed by atoms with van der Waals surface area (Å²) in [6.07, 6.45) is 0. The van der Waals surface area contributed by atoms with Gasteiger partial charge in [-0.05, 0) is 67.4 Å². The molecule has 0 N–H and O–H groups in total. The minimum absolute atomic E-state index is 0.292. The summed E-state index contributed by atoms with van der Waals surface area (Å²) >= 11 is 0. The van der Waals surface area contributed by atoms with Crippen LogP contribution in [0.3, 0.4) is 0 Å². The summed E-state index contributed by atoms with van der Waals surface area (Å²) in [6.45, 7) is 4.89. The largest absolute Gasteiger partial charge is 0.462 e. The molecular formula is C28H24N2O6. The van der Waals surface area contributed by atoms with Crippen molar-refractivity contribution in [3.05, 3.63) is 94.0 Å². The summed E-state index contributed by atoms with van der Waals surface area (Å²) in [6, 6.07) is 18.3. The lowest BCUT2D eigenvalue weighted by Gasteiger charge is -2.56. The number of hydrogen-bond acceptors (Lipinski definition) is 8. The molecule has 2 bridgehead atoms. The normalized spacial score (nSPS) is 16.1. The lowest BCUT2D eigenvalue weighted by Crippen LogP contribution is -2.64. The van der Waals surface area contributed by atoms with Crippen LogP contribution in [0, 0.1) is 0 Å². The number of nitrogens with zero attached hydrogens (tertiary/aromatic N) is 2. The van der Waals surface area contributed by atoms with Crippen LogP contribution in [0.4, 0.5) is 11.4 Å². The van der Waals surface area contributed by atoms with E-state index < -0.39 is 11.8 Å². The maximum absolute atomic E-state index is 13.0. The van der Waals surface area contributed by atoms with E-state index in [2.05, 4.69) is 0 Å². The molecule has 0 saturated carbocycles. The number of ether oxygens (including phenoxy) is 3. The molecule has 3 aromatic rings. The van der Waals surface area contributed by atoms with Gasteiger partial charge in [-0.1, -0.05) is 18.2 Å². The van der Waals surface area contributed by atoms with Crippen LogP contribution in [0.2, 0.25) is 0 Å². The predicted molar refractivity (Wildman–Crippen MR) is 131 cm³/mol. The van der Waals surface area contributed by atoms with Gasteiger partial charge in [0, 0.05) is 11.4 Å². The van der Waals surface area contributed by atoms with Crippen LogP contribution in [0.25, 0.3) is 0 Å². The van der Waals surface area contributed by atoms with E-state index in [1.54, 1.807) is 32.0 Å². The van der Waals surface area contributed by atoms with Gasteiger partial charge < -0.3 is 24.0 Å². The lowest BCUT2D eigenvalue weighted by molar-refractivity contribution is -0.0190. The van der Waals surface area contributed by atoms with Crippen molar-refractivity contribution in [2.24, 2.45) is 0 Å². The van der Waals surface area contributed by atoms with E-state index in [4.69, 9.17) is 14.2 Å². The molecule has 0 unspecified atom stereocenters. The average molecular weight is 485 g/mol. The van der Waals surface area contributed by atoms with E-state index >= 15 is 0 Å². The molecule has 0 atom stereocenters. The average Bonchev–Trinajstić information content (AvgIpc) is 3.17. The molecule has 8 nitrogen and oxygen atoms in total. The third-order valence-electron chi connectivity index (χ3n) is 6.88. The Kier molecular flexibility index (Phi) is 5.00. The molecule has 182 valence electrons. The molecule has 1 spiro atoms. The number of carbonyl (C=O) groups excluding carboxylic acids is 3. The van der Waals surface area contributed by atoms with Gasteiger partial charge in [0.2, 0.25) is 0 Å². The summed E-state index contributed by atoms with van der Waals surface area (Å²) in [7, 11) is 0. The number of rotatable bonds is 4. The van der Waals surface area contributed by atoms with Crippen molar-refractivity contribution < 1.29 is 28.6 Å². The summed E-state index contributed by atoms with van der Waals surface area (Å²) in [4.78, 5) is 41.9. The summed E-state index contributed by atoms with van der Waals surface area (Å²) in [5.41, 5.74) is 5.72. The van der Waals surface area contributed by atoms with Crippen LogP contribution < -0.4 is 9.80 Å². The first-order valence-corrected chi connectivity index (χ1v) is 12.0. The lowest BCUT2D eigenvalue weighted by atomic mass is 9.91. The van der Waals surface area contributed by atoms with Crippen LogP contribution in [0.1, 0.15) is 61.6 Å². The van der Waals surface area contributed by atoms with E-state index in [1.165, 1.54) is 0 Å². The molecular weight excluding hydrogens is 460 g/mol. The van der Waals surface area contributed by atoms with Gasteiger partial charge in [0.05, 0.1) is 48.6 Å². The second kappa shape index (κ2) is 8.12. The molecule has 0 radical (unpaired) electrons. The Labute approximate surface area is 208 Å². The molecule has 3 heterocycles. The van der Waals surface area contributed by atoms with Gasteiger partial charge in [-0.25, -0.2) is 14.4 Å². The molecule has 0 aromatic heterocycles. The van der Waals surface area contributed by atoms with Gasteiger partial charge in [-0.2, -0.15) is 0 Å². The van der Waals surface area contributed by atoms with E-state index in [9.17, 15) is 14.4 Å². The Morgan fingerprint density at radius 1 is 0.833 bits per heavy atom. The molecule has 0 amide bonds. The Morgan fingerprint density at radius 2 is 1.36 bits per heavy atom. The van der Waals surface area contributed by atoms with Crippen LogP contribution in [0.15, 0.2) is 60.7 Å². The van der Waals surface area contributed by atoms with Crippen molar-refractivity contribution in [2.45, 2.75) is 32.8 Å². The van der Waals surface area contributed by atoms with Gasteiger partial charge in [-0.15, -0.1) is 0 Å². The van der Waals surface area contributed by atoms with Gasteiger partial charge in [0.15, 0.2) is 0 Å². The SMILES string of the molecule is CCOC(=O)c1ccc2c(c1)CN1c3ccc(C(=O)OCC)cc3CN2C12OC(=O)c1ccccc12. The molecule has 8 heteroatoms. The Hall–Kier alpha value is -4.33.